The Bertz CT molecular complexity index is 1460. The fourth-order valence-electron chi connectivity index (χ4n) is 4.37. The predicted octanol–water partition coefficient (Wildman–Crippen LogP) is 3.91. The lowest BCUT2D eigenvalue weighted by molar-refractivity contribution is -0.141. The van der Waals surface area contributed by atoms with Crippen molar-refractivity contribution in [2.75, 3.05) is 13.6 Å². The molecule has 0 fully saturated rings. The van der Waals surface area contributed by atoms with Gasteiger partial charge in [0.25, 0.3) is 15.9 Å². The number of carbonyl (C=O) groups excluding carboxylic acids is 3. The van der Waals surface area contributed by atoms with E-state index < -0.39 is 33.8 Å². The molecule has 0 radical (unpaired) electrons. The summed E-state index contributed by atoms with van der Waals surface area (Å²) in [6.07, 6.45) is -0.149. The van der Waals surface area contributed by atoms with Gasteiger partial charge in [0.2, 0.25) is 11.8 Å². The van der Waals surface area contributed by atoms with Gasteiger partial charge in [-0.05, 0) is 29.8 Å². The number of rotatable bonds is 9. The molecule has 8 nitrogen and oxygen atoms in total. The number of benzene rings is 3. The van der Waals surface area contributed by atoms with Gasteiger partial charge < -0.3 is 10.2 Å². The van der Waals surface area contributed by atoms with Crippen LogP contribution in [0.4, 0.5) is 0 Å². The molecule has 1 N–H and O–H groups in total. The molecule has 11 heteroatoms. The van der Waals surface area contributed by atoms with Crippen LogP contribution in [0.25, 0.3) is 0 Å². The van der Waals surface area contributed by atoms with Crippen LogP contribution in [0, 0.1) is 0 Å². The average Bonchev–Trinajstić information content (AvgIpc) is 3.11. The summed E-state index contributed by atoms with van der Waals surface area (Å²) in [5, 5.41) is 3.24. The Kier molecular flexibility index (Phi) is 8.40. The van der Waals surface area contributed by atoms with Gasteiger partial charge in [-0.3, -0.25) is 14.4 Å². The van der Waals surface area contributed by atoms with Crippen LogP contribution in [0.1, 0.15) is 27.9 Å². The van der Waals surface area contributed by atoms with Crippen molar-refractivity contribution < 1.29 is 22.8 Å². The zero-order chi connectivity index (χ0) is 27.4. The number of halogens is 2. The van der Waals surface area contributed by atoms with Crippen molar-refractivity contribution in [2.45, 2.75) is 30.3 Å². The molecule has 1 heterocycles. The molecular weight excluding hydrogens is 549 g/mol. The SMILES string of the molecule is CNC(=O)[C@@H](Cc1ccccc1)N(Cc1c(Cl)cccc1Cl)C(=O)CCN1C(=O)c2ccccc2S1(=O)=O. The maximum absolute atomic E-state index is 13.7. The van der Waals surface area contributed by atoms with E-state index >= 15 is 0 Å². The Balaban J connectivity index is 1.65. The molecule has 1 aliphatic rings. The number of fused-ring (bicyclic) bond motifs is 1. The zero-order valence-corrected chi connectivity index (χ0v) is 22.8. The first-order valence-corrected chi connectivity index (χ1v) is 14.0. The van der Waals surface area contributed by atoms with Gasteiger partial charge in [0.1, 0.15) is 10.9 Å². The first kappa shape index (κ1) is 27.6. The highest BCUT2D eigenvalue weighted by molar-refractivity contribution is 7.90. The lowest BCUT2D eigenvalue weighted by Crippen LogP contribution is -2.50. The Morgan fingerprint density at radius 2 is 1.58 bits per heavy atom. The van der Waals surface area contributed by atoms with Gasteiger partial charge in [-0.25, -0.2) is 12.7 Å². The van der Waals surface area contributed by atoms with E-state index in [1.54, 1.807) is 24.3 Å². The molecule has 3 aromatic carbocycles. The molecule has 3 amide bonds. The Morgan fingerprint density at radius 3 is 2.21 bits per heavy atom. The Morgan fingerprint density at radius 1 is 0.947 bits per heavy atom. The predicted molar refractivity (Wildman–Crippen MR) is 144 cm³/mol. The number of amides is 3. The number of hydrogen-bond donors (Lipinski definition) is 1. The van der Waals surface area contributed by atoms with E-state index in [2.05, 4.69) is 5.32 Å². The summed E-state index contributed by atoms with van der Waals surface area (Å²) in [6.45, 7) is -0.476. The molecule has 0 aromatic heterocycles. The van der Waals surface area contributed by atoms with Gasteiger partial charge in [0.15, 0.2) is 0 Å². The average molecular weight is 574 g/mol. The third-order valence-electron chi connectivity index (χ3n) is 6.35. The van der Waals surface area contributed by atoms with Crippen molar-refractivity contribution in [3.8, 4) is 0 Å². The summed E-state index contributed by atoms with van der Waals surface area (Å²) in [6, 6.07) is 19.1. The van der Waals surface area contributed by atoms with Gasteiger partial charge in [-0.1, -0.05) is 71.7 Å². The normalized spacial score (nSPS) is 14.6. The minimum absolute atomic E-state index is 0.0620. The number of nitrogens with one attached hydrogen (secondary N) is 1. The summed E-state index contributed by atoms with van der Waals surface area (Å²) < 4.78 is 26.6. The van der Waals surface area contributed by atoms with Gasteiger partial charge in [0, 0.05) is 48.6 Å². The second-order valence-corrected chi connectivity index (χ2v) is 11.3. The molecule has 0 saturated heterocycles. The molecule has 0 spiro atoms. The lowest BCUT2D eigenvalue weighted by Gasteiger charge is -2.32. The summed E-state index contributed by atoms with van der Waals surface area (Å²) in [5.74, 6) is -1.65. The molecule has 38 heavy (non-hydrogen) atoms. The maximum Gasteiger partial charge on any atom is 0.269 e. The fourth-order valence-corrected chi connectivity index (χ4v) is 6.45. The van der Waals surface area contributed by atoms with E-state index in [-0.39, 0.29) is 36.4 Å². The molecule has 0 saturated carbocycles. The summed E-state index contributed by atoms with van der Waals surface area (Å²) in [4.78, 5) is 40.8. The van der Waals surface area contributed by atoms with Gasteiger partial charge >= 0.3 is 0 Å². The van der Waals surface area contributed by atoms with E-state index in [0.717, 1.165) is 5.56 Å². The van der Waals surface area contributed by atoms with Crippen LogP contribution in [0.5, 0.6) is 0 Å². The standard InChI is InChI=1S/C27H25Cl2N3O5S/c1-30-26(34)23(16-18-8-3-2-4-9-18)31(17-20-21(28)11-7-12-22(20)29)25(33)14-15-32-27(35)19-10-5-6-13-24(19)38(32,36)37/h2-13,23H,14-17H2,1H3,(H,30,34)/t23-/m1/s1. The number of hydrogen-bond acceptors (Lipinski definition) is 5. The molecule has 1 aliphatic heterocycles. The summed E-state index contributed by atoms with van der Waals surface area (Å²) in [7, 11) is -2.62. The Hall–Kier alpha value is -3.40. The van der Waals surface area contributed by atoms with Crippen LogP contribution in [-0.4, -0.2) is 55.0 Å². The van der Waals surface area contributed by atoms with Crippen LogP contribution in [0.2, 0.25) is 10.0 Å². The van der Waals surface area contributed by atoms with Crippen LogP contribution >= 0.6 is 23.2 Å². The van der Waals surface area contributed by atoms with E-state index in [1.807, 2.05) is 30.3 Å². The monoisotopic (exact) mass is 573 g/mol. The highest BCUT2D eigenvalue weighted by Gasteiger charge is 2.41. The quantitative estimate of drug-likeness (QED) is 0.418. The second-order valence-electron chi connectivity index (χ2n) is 8.67. The van der Waals surface area contributed by atoms with Crippen LogP contribution in [-0.2, 0) is 32.6 Å². The maximum atomic E-state index is 13.7. The molecule has 3 aromatic rings. The minimum Gasteiger partial charge on any atom is -0.357 e. The smallest absolute Gasteiger partial charge is 0.269 e. The van der Waals surface area contributed by atoms with Crippen molar-refractivity contribution in [1.82, 2.24) is 14.5 Å². The van der Waals surface area contributed by atoms with Crippen LogP contribution in [0.15, 0.2) is 77.7 Å². The molecule has 0 aliphatic carbocycles. The van der Waals surface area contributed by atoms with Crippen molar-refractivity contribution in [3.63, 3.8) is 0 Å². The third-order valence-corrected chi connectivity index (χ3v) is 8.90. The van der Waals surface area contributed by atoms with Gasteiger partial charge in [-0.15, -0.1) is 0 Å². The van der Waals surface area contributed by atoms with E-state index in [1.165, 1.54) is 30.1 Å². The van der Waals surface area contributed by atoms with Crippen molar-refractivity contribution in [2.24, 2.45) is 0 Å². The molecule has 4 rings (SSSR count). The second kappa shape index (κ2) is 11.6. The topological polar surface area (TPSA) is 104 Å². The highest BCUT2D eigenvalue weighted by Crippen LogP contribution is 2.31. The van der Waals surface area contributed by atoms with Crippen molar-refractivity contribution in [1.29, 1.82) is 0 Å². The summed E-state index contributed by atoms with van der Waals surface area (Å²) in [5.41, 5.74) is 1.33. The van der Waals surface area contributed by atoms with Crippen LogP contribution in [0.3, 0.4) is 0 Å². The van der Waals surface area contributed by atoms with E-state index in [4.69, 9.17) is 23.2 Å². The minimum atomic E-state index is -4.09. The molecule has 198 valence electrons. The lowest BCUT2D eigenvalue weighted by atomic mass is 10.0. The van der Waals surface area contributed by atoms with Gasteiger partial charge in [0.05, 0.1) is 5.56 Å². The number of sulfonamides is 1. The van der Waals surface area contributed by atoms with E-state index in [9.17, 15) is 22.8 Å². The Labute approximate surface area is 231 Å². The largest absolute Gasteiger partial charge is 0.357 e. The molecule has 1 atom stereocenters. The van der Waals surface area contributed by atoms with Crippen LogP contribution < -0.4 is 5.32 Å². The summed E-state index contributed by atoms with van der Waals surface area (Å²) >= 11 is 12.8. The molecule has 0 unspecified atom stereocenters. The fraction of sp³-hybridized carbons (Fsp3) is 0.222. The first-order valence-electron chi connectivity index (χ1n) is 11.8. The van der Waals surface area contributed by atoms with Gasteiger partial charge in [-0.2, -0.15) is 0 Å². The number of nitrogens with zero attached hydrogens (tertiary/aromatic N) is 2. The number of likely N-dealkylation sites (N-methyl/N-ethyl adjacent to an activating group) is 1. The number of carbonyl (C=O) groups is 3. The first-order chi connectivity index (χ1) is 18.1. The van der Waals surface area contributed by atoms with Crippen molar-refractivity contribution in [3.05, 3.63) is 99.5 Å². The molecular formula is C27H25Cl2N3O5S. The zero-order valence-electron chi connectivity index (χ0n) is 20.4. The van der Waals surface area contributed by atoms with Crippen molar-refractivity contribution >= 4 is 50.9 Å². The molecule has 0 bridgehead atoms. The third kappa shape index (κ3) is 5.55. The highest BCUT2D eigenvalue weighted by atomic mass is 35.5. The van der Waals surface area contributed by atoms with E-state index in [0.29, 0.717) is 19.9 Å².